The quantitative estimate of drug-likeness (QED) is 0.396. The Labute approximate surface area is 179 Å². The Morgan fingerprint density at radius 1 is 0.871 bits per heavy atom. The van der Waals surface area contributed by atoms with E-state index in [4.69, 9.17) is 9.84 Å². The van der Waals surface area contributed by atoms with Crippen LogP contribution >= 0.6 is 0 Å². The van der Waals surface area contributed by atoms with E-state index >= 15 is 0 Å². The number of carbonyl (C=O) groups is 1. The van der Waals surface area contributed by atoms with Crippen molar-refractivity contribution in [2.75, 3.05) is 0 Å². The van der Waals surface area contributed by atoms with Crippen molar-refractivity contribution in [3.63, 3.8) is 0 Å². The number of hydrogen-bond acceptors (Lipinski definition) is 3. The van der Waals surface area contributed by atoms with Crippen LogP contribution in [0.1, 0.15) is 27.0 Å². The Morgan fingerprint density at radius 3 is 2.39 bits per heavy atom. The zero-order valence-corrected chi connectivity index (χ0v) is 16.8. The summed E-state index contributed by atoms with van der Waals surface area (Å²) >= 11 is 0. The summed E-state index contributed by atoms with van der Waals surface area (Å²) in [5, 5.41) is 14.6. The average molecular weight is 415 g/mol. The predicted octanol–water partition coefficient (Wildman–Crippen LogP) is 5.55. The molecule has 0 radical (unpaired) electrons. The molecule has 4 nitrogen and oxygen atoms in total. The summed E-state index contributed by atoms with van der Waals surface area (Å²) < 4.78 is 20.0. The molecule has 0 amide bonds. The summed E-state index contributed by atoms with van der Waals surface area (Å²) in [4.78, 5) is 11.0. The van der Waals surface area contributed by atoms with Gasteiger partial charge in [-0.05, 0) is 40.6 Å². The molecule has 4 aromatic rings. The van der Waals surface area contributed by atoms with Crippen LogP contribution in [-0.4, -0.2) is 11.1 Å². The van der Waals surface area contributed by atoms with Gasteiger partial charge in [-0.2, -0.15) is 0 Å². The minimum atomic E-state index is -0.938. The molecule has 0 saturated carbocycles. The Bertz CT molecular complexity index is 1200. The maximum absolute atomic E-state index is 14.0. The number of halogens is 1. The predicted molar refractivity (Wildman–Crippen MR) is 119 cm³/mol. The third kappa shape index (κ3) is 4.90. The maximum atomic E-state index is 14.0. The molecule has 0 fully saturated rings. The van der Waals surface area contributed by atoms with Gasteiger partial charge in [-0.25, -0.2) is 9.18 Å². The molecule has 0 aromatic heterocycles. The molecule has 31 heavy (non-hydrogen) atoms. The zero-order chi connectivity index (χ0) is 21.6. The van der Waals surface area contributed by atoms with E-state index in [9.17, 15) is 9.18 Å². The fourth-order valence-electron chi connectivity index (χ4n) is 3.50. The van der Waals surface area contributed by atoms with E-state index < -0.39 is 5.97 Å². The molecule has 0 aliphatic heterocycles. The molecule has 0 spiro atoms. The standard InChI is InChI=1S/C26H22FNO3/c27-24-8-4-2-6-21(24)17-31-25-14-13-19-5-1-3-7-22(19)23(25)16-28-15-18-9-11-20(12-10-18)26(29)30/h1-14,28H,15-17H2,(H,29,30). The van der Waals surface area contributed by atoms with Gasteiger partial charge in [-0.1, -0.05) is 60.7 Å². The molecule has 0 aliphatic carbocycles. The first-order valence-electron chi connectivity index (χ1n) is 10.0. The Morgan fingerprint density at radius 2 is 1.61 bits per heavy atom. The fraction of sp³-hybridized carbons (Fsp3) is 0.115. The first-order valence-corrected chi connectivity index (χ1v) is 10.0. The SMILES string of the molecule is O=C(O)c1ccc(CNCc2c(OCc3ccccc3F)ccc3ccccc23)cc1. The van der Waals surface area contributed by atoms with Gasteiger partial charge in [-0.3, -0.25) is 0 Å². The summed E-state index contributed by atoms with van der Waals surface area (Å²) in [6, 6.07) is 25.4. The van der Waals surface area contributed by atoms with Crippen molar-refractivity contribution < 1.29 is 19.0 Å². The van der Waals surface area contributed by atoms with Crippen LogP contribution in [0.25, 0.3) is 10.8 Å². The van der Waals surface area contributed by atoms with Crippen molar-refractivity contribution in [2.24, 2.45) is 0 Å². The topological polar surface area (TPSA) is 58.6 Å². The molecular formula is C26H22FNO3. The first-order chi connectivity index (χ1) is 15.1. The third-order valence-electron chi connectivity index (χ3n) is 5.17. The molecule has 0 heterocycles. The number of rotatable bonds is 8. The zero-order valence-electron chi connectivity index (χ0n) is 16.8. The van der Waals surface area contributed by atoms with Crippen molar-refractivity contribution in [3.8, 4) is 5.75 Å². The van der Waals surface area contributed by atoms with Gasteiger partial charge in [0, 0.05) is 24.2 Å². The van der Waals surface area contributed by atoms with Crippen molar-refractivity contribution in [1.82, 2.24) is 5.32 Å². The van der Waals surface area contributed by atoms with E-state index in [0.29, 0.717) is 24.4 Å². The highest BCUT2D eigenvalue weighted by atomic mass is 19.1. The van der Waals surface area contributed by atoms with Crippen LogP contribution in [0, 0.1) is 5.82 Å². The van der Waals surface area contributed by atoms with E-state index in [1.807, 2.05) is 36.4 Å². The van der Waals surface area contributed by atoms with Crippen LogP contribution in [0.15, 0.2) is 84.9 Å². The van der Waals surface area contributed by atoms with Gasteiger partial charge in [0.05, 0.1) is 5.56 Å². The number of benzene rings is 4. The van der Waals surface area contributed by atoms with Gasteiger partial charge in [0.25, 0.3) is 0 Å². The van der Waals surface area contributed by atoms with Crippen LogP contribution in [0.3, 0.4) is 0 Å². The van der Waals surface area contributed by atoms with E-state index in [-0.39, 0.29) is 18.0 Å². The molecule has 0 bridgehead atoms. The lowest BCUT2D eigenvalue weighted by atomic mass is 10.0. The van der Waals surface area contributed by atoms with E-state index in [1.54, 1.807) is 42.5 Å². The van der Waals surface area contributed by atoms with Crippen molar-refractivity contribution in [3.05, 3.63) is 113 Å². The Hall–Kier alpha value is -3.70. The highest BCUT2D eigenvalue weighted by Crippen LogP contribution is 2.29. The van der Waals surface area contributed by atoms with Crippen LogP contribution in [0.5, 0.6) is 5.75 Å². The molecule has 0 atom stereocenters. The summed E-state index contributed by atoms with van der Waals surface area (Å²) in [6.07, 6.45) is 0. The molecule has 156 valence electrons. The van der Waals surface area contributed by atoms with Crippen molar-refractivity contribution >= 4 is 16.7 Å². The lowest BCUT2D eigenvalue weighted by Crippen LogP contribution is -2.14. The second-order valence-corrected chi connectivity index (χ2v) is 7.25. The number of nitrogens with one attached hydrogen (secondary N) is 1. The van der Waals surface area contributed by atoms with Crippen molar-refractivity contribution in [1.29, 1.82) is 0 Å². The largest absolute Gasteiger partial charge is 0.488 e. The van der Waals surface area contributed by atoms with Crippen molar-refractivity contribution in [2.45, 2.75) is 19.7 Å². The van der Waals surface area contributed by atoms with Gasteiger partial charge in [0.15, 0.2) is 0 Å². The third-order valence-corrected chi connectivity index (χ3v) is 5.17. The van der Waals surface area contributed by atoms with Crippen LogP contribution in [0.4, 0.5) is 4.39 Å². The normalized spacial score (nSPS) is 10.9. The van der Waals surface area contributed by atoms with Crippen LogP contribution < -0.4 is 10.1 Å². The second-order valence-electron chi connectivity index (χ2n) is 7.25. The first kappa shape index (κ1) is 20.6. The van der Waals surface area contributed by atoms with Gasteiger partial charge in [-0.15, -0.1) is 0 Å². The number of carboxylic acids is 1. The molecule has 0 aliphatic rings. The lowest BCUT2D eigenvalue weighted by Gasteiger charge is -2.15. The van der Waals surface area contributed by atoms with E-state index in [0.717, 1.165) is 21.9 Å². The van der Waals surface area contributed by atoms with E-state index in [1.165, 1.54) is 6.07 Å². The minimum absolute atomic E-state index is 0.147. The average Bonchev–Trinajstić information content (AvgIpc) is 2.79. The maximum Gasteiger partial charge on any atom is 0.335 e. The number of ether oxygens (including phenoxy) is 1. The summed E-state index contributed by atoms with van der Waals surface area (Å²) in [5.74, 6) is -0.518. The summed E-state index contributed by atoms with van der Waals surface area (Å²) in [6.45, 7) is 1.28. The number of hydrogen-bond donors (Lipinski definition) is 2. The smallest absolute Gasteiger partial charge is 0.335 e. The second kappa shape index (κ2) is 9.41. The molecular weight excluding hydrogens is 393 g/mol. The van der Waals surface area contributed by atoms with Gasteiger partial charge >= 0.3 is 5.97 Å². The molecule has 0 saturated heterocycles. The number of fused-ring (bicyclic) bond motifs is 1. The highest BCUT2D eigenvalue weighted by molar-refractivity contribution is 5.88. The number of carboxylic acid groups (broad SMARTS) is 1. The van der Waals surface area contributed by atoms with E-state index in [2.05, 4.69) is 5.32 Å². The van der Waals surface area contributed by atoms with Gasteiger partial charge in [0.2, 0.25) is 0 Å². The van der Waals surface area contributed by atoms with Gasteiger partial charge < -0.3 is 15.2 Å². The van der Waals surface area contributed by atoms with Crippen LogP contribution in [0.2, 0.25) is 0 Å². The Balaban J connectivity index is 1.52. The fourth-order valence-corrected chi connectivity index (χ4v) is 3.50. The molecule has 4 aromatic carbocycles. The lowest BCUT2D eigenvalue weighted by molar-refractivity contribution is 0.0697. The van der Waals surface area contributed by atoms with Gasteiger partial charge in [0.1, 0.15) is 18.2 Å². The monoisotopic (exact) mass is 415 g/mol. The molecule has 2 N–H and O–H groups in total. The minimum Gasteiger partial charge on any atom is -0.488 e. The summed E-state index contributed by atoms with van der Waals surface area (Å²) in [5.41, 5.74) is 2.75. The highest BCUT2D eigenvalue weighted by Gasteiger charge is 2.11. The van der Waals surface area contributed by atoms with Crippen LogP contribution in [-0.2, 0) is 19.7 Å². The number of aromatic carboxylic acids is 1. The summed E-state index contributed by atoms with van der Waals surface area (Å²) in [7, 11) is 0. The molecule has 4 rings (SSSR count). The molecule has 0 unspecified atom stereocenters. The Kier molecular flexibility index (Phi) is 6.24. The molecule has 5 heteroatoms.